The summed E-state index contributed by atoms with van der Waals surface area (Å²) in [6.45, 7) is 2.62. The molecule has 0 bridgehead atoms. The number of hydrogen-bond donors (Lipinski definition) is 3. The summed E-state index contributed by atoms with van der Waals surface area (Å²) in [5.74, 6) is 1.40. The Hall–Kier alpha value is -2.52. The molecule has 1 unspecified atom stereocenters. The second-order valence-electron chi connectivity index (χ2n) is 9.29. The van der Waals surface area contributed by atoms with Gasteiger partial charge in [-0.25, -0.2) is 15.0 Å². The molecule has 3 aliphatic rings. The molecule has 0 spiro atoms. The van der Waals surface area contributed by atoms with Crippen LogP contribution in [0.1, 0.15) is 56.4 Å². The number of piperidine rings is 1. The zero-order valence-electron chi connectivity index (χ0n) is 18.6. The first-order chi connectivity index (χ1) is 15.6. The van der Waals surface area contributed by atoms with Gasteiger partial charge in [0.15, 0.2) is 0 Å². The van der Waals surface area contributed by atoms with Gasteiger partial charge in [-0.15, -0.1) is 0 Å². The van der Waals surface area contributed by atoms with Crippen molar-refractivity contribution in [2.24, 2.45) is 0 Å². The Bertz CT molecular complexity index is 972. The van der Waals surface area contributed by atoms with Gasteiger partial charge in [0.1, 0.15) is 12.1 Å². The third kappa shape index (κ3) is 4.36. The standard InChI is InChI=1S/C23H32N6O3/c1-29-11-8-19(22(29)31)27-23-26-13-18-20(28-23)17(14-2-4-15(30)5-3-14)12-25-21(18)32-16-6-9-24-10-7-16/h12-16,19,24,30H,2-11H2,1H3,(H,26,27,28). The van der Waals surface area contributed by atoms with Crippen LogP contribution < -0.4 is 15.4 Å². The lowest BCUT2D eigenvalue weighted by molar-refractivity contribution is -0.127. The van der Waals surface area contributed by atoms with Crippen LogP contribution in [-0.2, 0) is 4.79 Å². The van der Waals surface area contributed by atoms with Crippen molar-refractivity contribution in [1.82, 2.24) is 25.2 Å². The average molecular weight is 441 g/mol. The van der Waals surface area contributed by atoms with Gasteiger partial charge in [0.2, 0.25) is 17.7 Å². The molecule has 32 heavy (non-hydrogen) atoms. The highest BCUT2D eigenvalue weighted by Gasteiger charge is 2.30. The Morgan fingerprint density at radius 2 is 1.88 bits per heavy atom. The molecule has 172 valence electrons. The number of aromatic nitrogens is 3. The fourth-order valence-corrected chi connectivity index (χ4v) is 5.05. The molecule has 3 N–H and O–H groups in total. The van der Waals surface area contributed by atoms with Gasteiger partial charge in [-0.2, -0.15) is 0 Å². The number of nitrogens with zero attached hydrogens (tertiary/aromatic N) is 4. The fourth-order valence-electron chi connectivity index (χ4n) is 5.05. The molecule has 1 aliphatic carbocycles. The van der Waals surface area contributed by atoms with Crippen LogP contribution in [0.25, 0.3) is 10.9 Å². The van der Waals surface area contributed by atoms with Crippen molar-refractivity contribution in [1.29, 1.82) is 0 Å². The second kappa shape index (κ2) is 9.15. The lowest BCUT2D eigenvalue weighted by Crippen LogP contribution is -2.34. The normalized spacial score (nSPS) is 27.1. The number of carbonyl (C=O) groups is 1. The molecule has 1 atom stereocenters. The van der Waals surface area contributed by atoms with Gasteiger partial charge < -0.3 is 25.4 Å². The predicted molar refractivity (Wildman–Crippen MR) is 121 cm³/mol. The summed E-state index contributed by atoms with van der Waals surface area (Å²) in [7, 11) is 1.82. The lowest BCUT2D eigenvalue weighted by Gasteiger charge is -2.27. The smallest absolute Gasteiger partial charge is 0.244 e. The number of aliphatic hydroxyl groups is 1. The Kier molecular flexibility index (Phi) is 6.10. The van der Waals surface area contributed by atoms with E-state index in [0.717, 1.165) is 81.0 Å². The Morgan fingerprint density at radius 3 is 2.59 bits per heavy atom. The van der Waals surface area contributed by atoms with Crippen LogP contribution in [0.5, 0.6) is 5.88 Å². The van der Waals surface area contributed by atoms with Gasteiger partial charge in [-0.1, -0.05) is 0 Å². The van der Waals surface area contributed by atoms with Gasteiger partial charge in [-0.3, -0.25) is 4.79 Å². The summed E-state index contributed by atoms with van der Waals surface area (Å²) in [5, 5.41) is 17.3. The van der Waals surface area contributed by atoms with Crippen LogP contribution in [0.4, 0.5) is 5.95 Å². The zero-order chi connectivity index (χ0) is 22.1. The van der Waals surface area contributed by atoms with Crippen LogP contribution in [0.2, 0.25) is 0 Å². The number of hydrogen-bond acceptors (Lipinski definition) is 8. The van der Waals surface area contributed by atoms with Crippen LogP contribution in [0.3, 0.4) is 0 Å². The number of pyridine rings is 1. The lowest BCUT2D eigenvalue weighted by atomic mass is 9.83. The fraction of sp³-hybridized carbons (Fsp3) is 0.652. The molecule has 1 saturated carbocycles. The topological polar surface area (TPSA) is 112 Å². The molecular formula is C23H32N6O3. The maximum Gasteiger partial charge on any atom is 0.244 e. The van der Waals surface area contributed by atoms with Crippen molar-refractivity contribution in [2.75, 3.05) is 32.0 Å². The number of anilines is 1. The highest BCUT2D eigenvalue weighted by molar-refractivity contribution is 5.88. The number of rotatable bonds is 5. The van der Waals surface area contributed by atoms with Gasteiger partial charge in [0.05, 0.1) is 17.0 Å². The summed E-state index contributed by atoms with van der Waals surface area (Å²) in [5.41, 5.74) is 1.91. The summed E-state index contributed by atoms with van der Waals surface area (Å²) >= 11 is 0. The highest BCUT2D eigenvalue weighted by atomic mass is 16.5. The van der Waals surface area contributed by atoms with E-state index in [1.54, 1.807) is 11.1 Å². The van der Waals surface area contributed by atoms with E-state index >= 15 is 0 Å². The molecule has 3 fully saturated rings. The first kappa shape index (κ1) is 21.3. The SMILES string of the molecule is CN1CCC(Nc2ncc3c(OC4CCNCC4)ncc(C4CCC(O)CC4)c3n2)C1=O. The Labute approximate surface area is 188 Å². The minimum absolute atomic E-state index is 0.0693. The highest BCUT2D eigenvalue weighted by Crippen LogP contribution is 2.38. The van der Waals surface area contributed by atoms with Gasteiger partial charge in [0.25, 0.3) is 0 Å². The van der Waals surface area contributed by atoms with E-state index in [4.69, 9.17) is 9.72 Å². The summed E-state index contributed by atoms with van der Waals surface area (Å²) < 4.78 is 6.28. The first-order valence-electron chi connectivity index (χ1n) is 11.8. The van der Waals surface area contributed by atoms with Crippen molar-refractivity contribution in [3.05, 3.63) is 18.0 Å². The molecular weight excluding hydrogens is 408 g/mol. The zero-order valence-corrected chi connectivity index (χ0v) is 18.6. The minimum Gasteiger partial charge on any atom is -0.474 e. The number of ether oxygens (including phenoxy) is 1. The molecule has 2 aliphatic heterocycles. The van der Waals surface area contributed by atoms with E-state index in [2.05, 4.69) is 20.6 Å². The largest absolute Gasteiger partial charge is 0.474 e. The van der Waals surface area contributed by atoms with E-state index in [1.165, 1.54) is 0 Å². The Balaban J connectivity index is 1.48. The number of likely N-dealkylation sites (N-methyl/N-ethyl adjacent to an activating group) is 1. The molecule has 2 aromatic rings. The molecule has 9 heteroatoms. The molecule has 9 nitrogen and oxygen atoms in total. The molecule has 0 aromatic carbocycles. The van der Waals surface area contributed by atoms with E-state index in [-0.39, 0.29) is 24.2 Å². The molecule has 4 heterocycles. The molecule has 0 radical (unpaired) electrons. The number of likely N-dealkylation sites (tertiary alicyclic amines) is 1. The van der Waals surface area contributed by atoms with Crippen molar-refractivity contribution in [3.63, 3.8) is 0 Å². The van der Waals surface area contributed by atoms with Crippen LogP contribution in [0.15, 0.2) is 12.4 Å². The Morgan fingerprint density at radius 1 is 1.09 bits per heavy atom. The summed E-state index contributed by atoms with van der Waals surface area (Å²) in [6, 6.07) is -0.293. The third-order valence-corrected chi connectivity index (χ3v) is 7.05. The number of nitrogens with one attached hydrogen (secondary N) is 2. The van der Waals surface area contributed by atoms with E-state index in [9.17, 15) is 9.90 Å². The maximum absolute atomic E-state index is 12.3. The maximum atomic E-state index is 12.3. The van der Waals surface area contributed by atoms with Crippen molar-refractivity contribution in [3.8, 4) is 5.88 Å². The molecule has 2 aromatic heterocycles. The number of amides is 1. The predicted octanol–water partition coefficient (Wildman–Crippen LogP) is 1.82. The summed E-state index contributed by atoms with van der Waals surface area (Å²) in [6.07, 6.45) is 9.62. The quantitative estimate of drug-likeness (QED) is 0.645. The number of aliphatic hydroxyl groups excluding tert-OH is 1. The number of carbonyl (C=O) groups excluding carboxylic acids is 1. The third-order valence-electron chi connectivity index (χ3n) is 7.05. The van der Waals surface area contributed by atoms with E-state index in [0.29, 0.717) is 17.7 Å². The monoisotopic (exact) mass is 440 g/mol. The van der Waals surface area contributed by atoms with Crippen molar-refractivity contribution in [2.45, 2.75) is 69.1 Å². The minimum atomic E-state index is -0.293. The molecule has 2 saturated heterocycles. The van der Waals surface area contributed by atoms with Gasteiger partial charge in [-0.05, 0) is 64.0 Å². The van der Waals surface area contributed by atoms with Crippen LogP contribution in [0, 0.1) is 0 Å². The average Bonchev–Trinajstić information content (AvgIpc) is 3.13. The van der Waals surface area contributed by atoms with Gasteiger partial charge >= 0.3 is 0 Å². The molecule has 1 amide bonds. The van der Waals surface area contributed by atoms with Crippen LogP contribution >= 0.6 is 0 Å². The van der Waals surface area contributed by atoms with Crippen molar-refractivity contribution < 1.29 is 14.6 Å². The van der Waals surface area contributed by atoms with E-state index < -0.39 is 0 Å². The first-order valence-corrected chi connectivity index (χ1v) is 11.8. The van der Waals surface area contributed by atoms with Gasteiger partial charge in [0, 0.05) is 31.5 Å². The second-order valence-corrected chi connectivity index (χ2v) is 9.29. The van der Waals surface area contributed by atoms with Crippen molar-refractivity contribution >= 4 is 22.8 Å². The van der Waals surface area contributed by atoms with E-state index in [1.807, 2.05) is 13.2 Å². The summed E-state index contributed by atoms with van der Waals surface area (Å²) in [4.78, 5) is 28.1. The molecule has 5 rings (SSSR count). The number of fused-ring (bicyclic) bond motifs is 1. The van der Waals surface area contributed by atoms with Crippen LogP contribution in [-0.4, -0.2) is 75.8 Å².